The van der Waals surface area contributed by atoms with Crippen molar-refractivity contribution in [1.29, 1.82) is 0 Å². The quantitative estimate of drug-likeness (QED) is 0.808. The maximum Gasteiger partial charge on any atom is 0.171 e. The first-order valence-electron chi connectivity index (χ1n) is 7.99. The molecule has 0 aliphatic heterocycles. The van der Waals surface area contributed by atoms with Crippen LogP contribution in [-0.2, 0) is 0 Å². The van der Waals surface area contributed by atoms with Gasteiger partial charge in [0.05, 0.1) is 12.0 Å². The van der Waals surface area contributed by atoms with E-state index in [2.05, 4.69) is 11.9 Å². The Morgan fingerprint density at radius 2 is 2.05 bits per heavy atom. The number of aromatic amines is 1. The number of fused-ring (bicyclic) bond motifs is 1. The number of ether oxygens (including phenoxy) is 1. The highest BCUT2D eigenvalue weighted by atomic mass is 16.5. The molecule has 21 heavy (non-hydrogen) atoms. The first kappa shape index (κ1) is 14.2. The Morgan fingerprint density at radius 1 is 1.29 bits per heavy atom. The molecule has 1 N–H and O–H groups in total. The molecule has 1 saturated carbocycles. The number of carbonyl (C=O) groups is 1. The summed E-state index contributed by atoms with van der Waals surface area (Å²) in [7, 11) is 0. The summed E-state index contributed by atoms with van der Waals surface area (Å²) in [5.41, 5.74) is 1.63. The third-order valence-electron chi connectivity index (χ3n) is 4.93. The minimum absolute atomic E-state index is 0.158. The fourth-order valence-electron chi connectivity index (χ4n) is 3.68. The Kier molecular flexibility index (Phi) is 3.75. The van der Waals surface area contributed by atoms with Crippen molar-refractivity contribution in [3.8, 4) is 5.75 Å². The highest BCUT2D eigenvalue weighted by molar-refractivity contribution is 6.12. The molecule has 0 bridgehead atoms. The Bertz CT molecular complexity index is 650. The third-order valence-corrected chi connectivity index (χ3v) is 4.93. The number of rotatable bonds is 5. The minimum atomic E-state index is -0.158. The summed E-state index contributed by atoms with van der Waals surface area (Å²) < 4.78 is 5.73. The number of carbonyl (C=O) groups excluding carboxylic acids is 1. The van der Waals surface area contributed by atoms with Crippen LogP contribution < -0.4 is 4.74 Å². The van der Waals surface area contributed by atoms with Gasteiger partial charge in [-0.15, -0.1) is 0 Å². The molecule has 0 atom stereocenters. The van der Waals surface area contributed by atoms with E-state index in [9.17, 15) is 4.79 Å². The van der Waals surface area contributed by atoms with Crippen molar-refractivity contribution < 1.29 is 9.53 Å². The van der Waals surface area contributed by atoms with E-state index < -0.39 is 0 Å². The molecular formula is C18H23NO2. The van der Waals surface area contributed by atoms with Crippen LogP contribution in [-0.4, -0.2) is 17.4 Å². The average molecular weight is 285 g/mol. The van der Waals surface area contributed by atoms with Gasteiger partial charge in [-0.3, -0.25) is 4.79 Å². The molecule has 3 heteroatoms. The van der Waals surface area contributed by atoms with Gasteiger partial charge in [0.1, 0.15) is 5.75 Å². The lowest BCUT2D eigenvalue weighted by Crippen LogP contribution is -2.27. The summed E-state index contributed by atoms with van der Waals surface area (Å²) in [5.74, 6) is 1.10. The average Bonchev–Trinajstić information content (AvgIpc) is 3.15. The van der Waals surface area contributed by atoms with Crippen molar-refractivity contribution >= 4 is 16.7 Å². The largest absolute Gasteiger partial charge is 0.493 e. The van der Waals surface area contributed by atoms with Gasteiger partial charge in [0.2, 0.25) is 0 Å². The second-order valence-corrected chi connectivity index (χ2v) is 5.98. The Labute approximate surface area is 125 Å². The Balaban J connectivity index is 2.10. The molecule has 1 aromatic heterocycles. The summed E-state index contributed by atoms with van der Waals surface area (Å²) in [5, 5.41) is 0.948. The number of aromatic nitrogens is 1. The number of hydrogen-bond acceptors (Lipinski definition) is 2. The Hall–Kier alpha value is -1.77. The van der Waals surface area contributed by atoms with E-state index in [0.717, 1.165) is 41.5 Å². The molecule has 1 heterocycles. The lowest BCUT2D eigenvalue weighted by molar-refractivity contribution is 0.0793. The number of benzene rings is 1. The van der Waals surface area contributed by atoms with Gasteiger partial charge < -0.3 is 9.72 Å². The predicted molar refractivity (Wildman–Crippen MR) is 85.0 cm³/mol. The van der Waals surface area contributed by atoms with Crippen LogP contribution in [0.1, 0.15) is 56.3 Å². The number of hydrogen-bond donors (Lipinski definition) is 1. The van der Waals surface area contributed by atoms with Crippen LogP contribution in [0.2, 0.25) is 0 Å². The maximum atomic E-state index is 13.2. The highest BCUT2D eigenvalue weighted by Gasteiger charge is 2.40. The fraction of sp³-hybridized carbons (Fsp3) is 0.500. The van der Waals surface area contributed by atoms with E-state index in [0.29, 0.717) is 12.4 Å². The van der Waals surface area contributed by atoms with Crippen LogP contribution in [0.3, 0.4) is 0 Å². The van der Waals surface area contributed by atoms with Crippen molar-refractivity contribution in [1.82, 2.24) is 4.98 Å². The van der Waals surface area contributed by atoms with E-state index in [-0.39, 0.29) is 5.41 Å². The second kappa shape index (κ2) is 5.55. The van der Waals surface area contributed by atoms with Crippen molar-refractivity contribution in [2.75, 3.05) is 6.61 Å². The molecular weight excluding hydrogens is 262 g/mol. The molecule has 1 aromatic carbocycles. The van der Waals surface area contributed by atoms with Crippen LogP contribution in [0.15, 0.2) is 24.4 Å². The molecule has 2 aromatic rings. The zero-order chi connectivity index (χ0) is 14.9. The zero-order valence-corrected chi connectivity index (χ0v) is 12.9. The molecule has 1 fully saturated rings. The van der Waals surface area contributed by atoms with Crippen molar-refractivity contribution in [3.05, 3.63) is 30.0 Å². The van der Waals surface area contributed by atoms with Gasteiger partial charge in [0.25, 0.3) is 0 Å². The van der Waals surface area contributed by atoms with Crippen molar-refractivity contribution in [2.24, 2.45) is 5.41 Å². The van der Waals surface area contributed by atoms with Gasteiger partial charge >= 0.3 is 0 Å². The topological polar surface area (TPSA) is 42.1 Å². The molecule has 1 aliphatic carbocycles. The van der Waals surface area contributed by atoms with Gasteiger partial charge in [0, 0.05) is 22.7 Å². The first-order valence-corrected chi connectivity index (χ1v) is 7.99. The van der Waals surface area contributed by atoms with E-state index in [1.807, 2.05) is 31.3 Å². The fourth-order valence-corrected chi connectivity index (χ4v) is 3.68. The van der Waals surface area contributed by atoms with E-state index >= 15 is 0 Å². The molecule has 1 aliphatic rings. The monoisotopic (exact) mass is 285 g/mol. The molecule has 0 amide bonds. The van der Waals surface area contributed by atoms with Gasteiger partial charge in [-0.05, 0) is 38.3 Å². The lowest BCUT2D eigenvalue weighted by atomic mass is 9.76. The molecule has 3 rings (SSSR count). The van der Waals surface area contributed by atoms with Crippen LogP contribution in [0.5, 0.6) is 5.75 Å². The van der Waals surface area contributed by atoms with Gasteiger partial charge in [-0.1, -0.05) is 25.8 Å². The summed E-state index contributed by atoms with van der Waals surface area (Å²) in [4.78, 5) is 16.4. The summed E-state index contributed by atoms with van der Waals surface area (Å²) in [6.07, 6.45) is 7.17. The maximum absolute atomic E-state index is 13.2. The van der Waals surface area contributed by atoms with E-state index in [1.165, 1.54) is 12.8 Å². The Morgan fingerprint density at radius 3 is 2.71 bits per heavy atom. The molecule has 0 radical (unpaired) electrons. The summed E-state index contributed by atoms with van der Waals surface area (Å²) in [6.45, 7) is 4.72. The highest BCUT2D eigenvalue weighted by Crippen LogP contribution is 2.45. The van der Waals surface area contributed by atoms with Crippen LogP contribution in [0.25, 0.3) is 10.9 Å². The SMILES string of the molecule is CCOc1cccc2[nH]cc(C(=O)C3(CC)CCCC3)c12. The predicted octanol–water partition coefficient (Wildman–Crippen LogP) is 4.72. The van der Waals surface area contributed by atoms with Gasteiger partial charge in [-0.25, -0.2) is 0 Å². The third kappa shape index (κ3) is 2.25. The lowest BCUT2D eigenvalue weighted by Gasteiger charge is -2.25. The van der Waals surface area contributed by atoms with Crippen LogP contribution >= 0.6 is 0 Å². The van der Waals surface area contributed by atoms with Crippen LogP contribution in [0, 0.1) is 5.41 Å². The number of H-pyrrole nitrogens is 1. The van der Waals surface area contributed by atoms with Crippen molar-refractivity contribution in [3.63, 3.8) is 0 Å². The van der Waals surface area contributed by atoms with E-state index in [1.54, 1.807) is 0 Å². The van der Waals surface area contributed by atoms with Gasteiger partial charge in [-0.2, -0.15) is 0 Å². The number of nitrogens with one attached hydrogen (secondary N) is 1. The van der Waals surface area contributed by atoms with Crippen molar-refractivity contribution in [2.45, 2.75) is 46.0 Å². The standard InChI is InChI=1S/C18H23NO2/c1-3-18(10-5-6-11-18)17(20)13-12-19-14-8-7-9-15(16(13)14)21-4-2/h7-9,12,19H,3-6,10-11H2,1-2H3. The minimum Gasteiger partial charge on any atom is -0.493 e. The normalized spacial score (nSPS) is 17.2. The molecule has 112 valence electrons. The molecule has 0 saturated heterocycles. The number of Topliss-reactive ketones (excluding diaryl/α,β-unsaturated/α-hetero) is 1. The molecule has 3 nitrogen and oxygen atoms in total. The zero-order valence-electron chi connectivity index (χ0n) is 12.9. The number of ketones is 1. The molecule has 0 unspecified atom stereocenters. The van der Waals surface area contributed by atoms with Crippen LogP contribution in [0.4, 0.5) is 0 Å². The smallest absolute Gasteiger partial charge is 0.171 e. The van der Waals surface area contributed by atoms with Gasteiger partial charge in [0.15, 0.2) is 5.78 Å². The molecule has 0 spiro atoms. The van der Waals surface area contributed by atoms with E-state index in [4.69, 9.17) is 4.74 Å². The summed E-state index contributed by atoms with van der Waals surface area (Å²) in [6, 6.07) is 5.91. The first-order chi connectivity index (χ1) is 10.2. The second-order valence-electron chi connectivity index (χ2n) is 5.98. The summed E-state index contributed by atoms with van der Waals surface area (Å²) >= 11 is 0.